The first kappa shape index (κ1) is 20.3. The van der Waals surface area contributed by atoms with Crippen molar-refractivity contribution in [2.24, 2.45) is 5.92 Å². The lowest BCUT2D eigenvalue weighted by Gasteiger charge is -2.16. The molecule has 2 rings (SSSR count). The minimum absolute atomic E-state index is 0.0112. The number of nitrogens with one attached hydrogen (secondary N) is 2. The standard InChI is InChI=1S/C18H19F3N4O2/c1-10(2)15(26)25-17-22-8-7-14(24-17)16(27)23-11(3)12-5-4-6-13(9-12)18(19,20)21/h4-11H,1-3H3,(H,23,27)(H,22,24,25,26). The number of amides is 2. The summed E-state index contributed by atoms with van der Waals surface area (Å²) in [5.74, 6) is -1.20. The van der Waals surface area contributed by atoms with E-state index in [0.29, 0.717) is 5.56 Å². The first-order valence-electron chi connectivity index (χ1n) is 8.20. The molecular weight excluding hydrogens is 361 g/mol. The minimum atomic E-state index is -4.46. The maximum absolute atomic E-state index is 12.8. The zero-order valence-electron chi connectivity index (χ0n) is 15.0. The third-order valence-electron chi connectivity index (χ3n) is 3.71. The molecule has 6 nitrogen and oxygen atoms in total. The molecule has 0 aliphatic rings. The van der Waals surface area contributed by atoms with Gasteiger partial charge in [0.15, 0.2) is 0 Å². The summed E-state index contributed by atoms with van der Waals surface area (Å²) >= 11 is 0. The lowest BCUT2D eigenvalue weighted by Crippen LogP contribution is -2.28. The molecule has 1 atom stereocenters. The highest BCUT2D eigenvalue weighted by Gasteiger charge is 2.30. The van der Waals surface area contributed by atoms with E-state index < -0.39 is 23.7 Å². The highest BCUT2D eigenvalue weighted by Crippen LogP contribution is 2.30. The molecule has 0 aliphatic carbocycles. The van der Waals surface area contributed by atoms with Crippen LogP contribution in [0.1, 0.15) is 48.4 Å². The quantitative estimate of drug-likeness (QED) is 0.830. The Bertz CT molecular complexity index is 837. The summed E-state index contributed by atoms with van der Waals surface area (Å²) < 4.78 is 38.5. The Morgan fingerprint density at radius 1 is 1.11 bits per heavy atom. The number of alkyl halides is 3. The number of anilines is 1. The SMILES string of the molecule is CC(C)C(=O)Nc1nccc(C(=O)NC(C)c2cccc(C(F)(F)F)c2)n1. The molecule has 1 aromatic carbocycles. The van der Waals surface area contributed by atoms with Crippen molar-refractivity contribution in [1.82, 2.24) is 15.3 Å². The van der Waals surface area contributed by atoms with E-state index >= 15 is 0 Å². The van der Waals surface area contributed by atoms with Gasteiger partial charge in [0.1, 0.15) is 5.69 Å². The zero-order valence-corrected chi connectivity index (χ0v) is 15.0. The van der Waals surface area contributed by atoms with E-state index in [1.54, 1.807) is 20.8 Å². The predicted molar refractivity (Wildman–Crippen MR) is 92.8 cm³/mol. The topological polar surface area (TPSA) is 84.0 Å². The Balaban J connectivity index is 2.12. The van der Waals surface area contributed by atoms with Crippen LogP contribution in [0.5, 0.6) is 0 Å². The third-order valence-corrected chi connectivity index (χ3v) is 3.71. The van der Waals surface area contributed by atoms with Crippen LogP contribution in [0.3, 0.4) is 0 Å². The van der Waals surface area contributed by atoms with Crippen LogP contribution < -0.4 is 10.6 Å². The van der Waals surface area contributed by atoms with E-state index in [2.05, 4.69) is 20.6 Å². The molecule has 0 spiro atoms. The van der Waals surface area contributed by atoms with Crippen molar-refractivity contribution < 1.29 is 22.8 Å². The van der Waals surface area contributed by atoms with Crippen LogP contribution in [0.25, 0.3) is 0 Å². The van der Waals surface area contributed by atoms with Gasteiger partial charge in [-0.05, 0) is 30.7 Å². The average Bonchev–Trinajstić information content (AvgIpc) is 2.61. The van der Waals surface area contributed by atoms with Crippen molar-refractivity contribution in [2.45, 2.75) is 33.0 Å². The van der Waals surface area contributed by atoms with Gasteiger partial charge in [-0.2, -0.15) is 13.2 Å². The first-order chi connectivity index (χ1) is 12.6. The number of benzene rings is 1. The van der Waals surface area contributed by atoms with Crippen molar-refractivity contribution in [2.75, 3.05) is 5.32 Å². The zero-order chi connectivity index (χ0) is 20.2. The van der Waals surface area contributed by atoms with Gasteiger partial charge in [-0.15, -0.1) is 0 Å². The van der Waals surface area contributed by atoms with Crippen LogP contribution in [0.15, 0.2) is 36.5 Å². The molecule has 0 fully saturated rings. The lowest BCUT2D eigenvalue weighted by atomic mass is 10.0. The Morgan fingerprint density at radius 2 is 1.81 bits per heavy atom. The summed E-state index contributed by atoms with van der Waals surface area (Å²) in [4.78, 5) is 31.9. The molecule has 144 valence electrons. The van der Waals surface area contributed by atoms with Gasteiger partial charge in [-0.3, -0.25) is 14.9 Å². The smallest absolute Gasteiger partial charge is 0.344 e. The van der Waals surface area contributed by atoms with E-state index in [9.17, 15) is 22.8 Å². The second-order valence-electron chi connectivity index (χ2n) is 6.23. The fourth-order valence-corrected chi connectivity index (χ4v) is 2.14. The van der Waals surface area contributed by atoms with Crippen molar-refractivity contribution in [1.29, 1.82) is 0 Å². The number of hydrogen-bond donors (Lipinski definition) is 2. The van der Waals surface area contributed by atoms with Gasteiger partial charge < -0.3 is 5.32 Å². The highest BCUT2D eigenvalue weighted by molar-refractivity contribution is 5.94. The van der Waals surface area contributed by atoms with E-state index in [0.717, 1.165) is 12.1 Å². The molecule has 0 bridgehead atoms. The monoisotopic (exact) mass is 380 g/mol. The fourth-order valence-electron chi connectivity index (χ4n) is 2.14. The van der Waals surface area contributed by atoms with Gasteiger partial charge >= 0.3 is 6.18 Å². The molecule has 27 heavy (non-hydrogen) atoms. The van der Waals surface area contributed by atoms with E-state index in [-0.39, 0.29) is 23.5 Å². The largest absolute Gasteiger partial charge is 0.416 e. The highest BCUT2D eigenvalue weighted by atomic mass is 19.4. The molecule has 9 heteroatoms. The number of rotatable bonds is 5. The van der Waals surface area contributed by atoms with Crippen molar-refractivity contribution in [3.8, 4) is 0 Å². The Morgan fingerprint density at radius 3 is 2.44 bits per heavy atom. The predicted octanol–water partition coefficient (Wildman–Crippen LogP) is 3.58. The fraction of sp³-hybridized carbons (Fsp3) is 0.333. The molecule has 0 saturated heterocycles. The number of halogens is 3. The van der Waals surface area contributed by atoms with Gasteiger partial charge in [0, 0.05) is 12.1 Å². The van der Waals surface area contributed by atoms with Gasteiger partial charge in [-0.1, -0.05) is 26.0 Å². The maximum Gasteiger partial charge on any atom is 0.416 e. The average molecular weight is 380 g/mol. The van der Waals surface area contributed by atoms with Crippen LogP contribution in [0.4, 0.5) is 19.1 Å². The van der Waals surface area contributed by atoms with Crippen molar-refractivity contribution >= 4 is 17.8 Å². The molecule has 2 N–H and O–H groups in total. The van der Waals surface area contributed by atoms with Crippen LogP contribution in [-0.2, 0) is 11.0 Å². The Labute approximate surface area is 154 Å². The summed E-state index contributed by atoms with van der Waals surface area (Å²) in [6.07, 6.45) is -3.15. The first-order valence-corrected chi connectivity index (χ1v) is 8.20. The number of nitrogens with zero attached hydrogens (tertiary/aromatic N) is 2. The molecule has 0 radical (unpaired) electrons. The van der Waals surface area contributed by atoms with Gasteiger partial charge in [0.2, 0.25) is 11.9 Å². The second kappa shape index (κ2) is 8.15. The summed E-state index contributed by atoms with van der Waals surface area (Å²) in [5, 5.41) is 5.06. The normalized spacial score (nSPS) is 12.6. The van der Waals surface area contributed by atoms with E-state index in [1.807, 2.05) is 0 Å². The molecule has 2 aromatic rings. The van der Waals surface area contributed by atoms with Gasteiger partial charge in [0.25, 0.3) is 5.91 Å². The van der Waals surface area contributed by atoms with Crippen LogP contribution in [0, 0.1) is 5.92 Å². The number of hydrogen-bond acceptors (Lipinski definition) is 4. The minimum Gasteiger partial charge on any atom is -0.344 e. The Kier molecular flexibility index (Phi) is 6.14. The summed E-state index contributed by atoms with van der Waals surface area (Å²) in [5.41, 5.74) is -0.495. The molecule has 0 saturated carbocycles. The van der Waals surface area contributed by atoms with Crippen LogP contribution in [0.2, 0.25) is 0 Å². The van der Waals surface area contributed by atoms with Crippen LogP contribution in [-0.4, -0.2) is 21.8 Å². The van der Waals surface area contributed by atoms with Crippen LogP contribution >= 0.6 is 0 Å². The molecular formula is C18H19F3N4O2. The molecule has 0 aliphatic heterocycles. The number of aromatic nitrogens is 2. The molecule has 1 unspecified atom stereocenters. The number of carbonyl (C=O) groups is 2. The van der Waals surface area contributed by atoms with E-state index in [1.165, 1.54) is 24.4 Å². The molecule has 1 heterocycles. The Hall–Kier alpha value is -2.97. The van der Waals surface area contributed by atoms with Crippen molar-refractivity contribution in [3.05, 3.63) is 53.3 Å². The number of carbonyl (C=O) groups excluding carboxylic acids is 2. The molecule has 2 amide bonds. The lowest BCUT2D eigenvalue weighted by molar-refractivity contribution is -0.137. The van der Waals surface area contributed by atoms with Gasteiger partial charge in [0.05, 0.1) is 11.6 Å². The van der Waals surface area contributed by atoms with Gasteiger partial charge in [-0.25, -0.2) is 9.97 Å². The van der Waals surface area contributed by atoms with Crippen molar-refractivity contribution in [3.63, 3.8) is 0 Å². The summed E-state index contributed by atoms with van der Waals surface area (Å²) in [6.45, 7) is 4.96. The third kappa shape index (κ3) is 5.50. The summed E-state index contributed by atoms with van der Waals surface area (Å²) in [7, 11) is 0. The van der Waals surface area contributed by atoms with E-state index in [4.69, 9.17) is 0 Å². The summed E-state index contributed by atoms with van der Waals surface area (Å²) in [6, 6.07) is 5.40. The maximum atomic E-state index is 12.8. The molecule has 1 aromatic heterocycles. The second-order valence-corrected chi connectivity index (χ2v) is 6.23.